The van der Waals surface area contributed by atoms with E-state index >= 15 is 0 Å². The first kappa shape index (κ1) is 18.6. The molecular formula is C19H17ClN4O3. The van der Waals surface area contributed by atoms with Crippen LogP contribution >= 0.6 is 11.6 Å². The van der Waals surface area contributed by atoms with Gasteiger partial charge in [0.2, 0.25) is 0 Å². The molecule has 0 saturated heterocycles. The minimum absolute atomic E-state index is 0.0971. The van der Waals surface area contributed by atoms with E-state index in [0.29, 0.717) is 6.61 Å². The Morgan fingerprint density at radius 1 is 1.30 bits per heavy atom. The third-order valence-electron chi connectivity index (χ3n) is 3.80. The molecule has 0 bridgehead atoms. The van der Waals surface area contributed by atoms with Crippen molar-refractivity contribution in [3.63, 3.8) is 0 Å². The summed E-state index contributed by atoms with van der Waals surface area (Å²) in [6.07, 6.45) is 4.81. The lowest BCUT2D eigenvalue weighted by molar-refractivity contribution is -0.143. The summed E-state index contributed by atoms with van der Waals surface area (Å²) >= 11 is 5.90. The van der Waals surface area contributed by atoms with E-state index in [-0.39, 0.29) is 23.2 Å². The van der Waals surface area contributed by atoms with Crippen LogP contribution in [0, 0.1) is 0 Å². The van der Waals surface area contributed by atoms with Gasteiger partial charge < -0.3 is 9.30 Å². The van der Waals surface area contributed by atoms with Crippen molar-refractivity contribution in [2.45, 2.75) is 13.5 Å². The molecule has 0 aliphatic carbocycles. The highest BCUT2D eigenvalue weighted by atomic mass is 35.5. The largest absolute Gasteiger partial charge is 0.465 e. The molecule has 0 aliphatic rings. The summed E-state index contributed by atoms with van der Waals surface area (Å²) < 4.78 is 6.79. The first-order valence-corrected chi connectivity index (χ1v) is 8.65. The highest BCUT2D eigenvalue weighted by molar-refractivity contribution is 6.32. The van der Waals surface area contributed by atoms with E-state index in [9.17, 15) is 9.59 Å². The number of para-hydroxylation sites is 1. The molecule has 8 heteroatoms. The fourth-order valence-electron chi connectivity index (χ4n) is 2.63. The van der Waals surface area contributed by atoms with Gasteiger partial charge in [0.25, 0.3) is 5.91 Å². The van der Waals surface area contributed by atoms with Gasteiger partial charge >= 0.3 is 5.97 Å². The van der Waals surface area contributed by atoms with Crippen molar-refractivity contribution in [2.24, 2.45) is 5.10 Å². The van der Waals surface area contributed by atoms with Crippen molar-refractivity contribution in [1.82, 2.24) is 15.0 Å². The first-order chi connectivity index (χ1) is 13.1. The maximum atomic E-state index is 12.1. The van der Waals surface area contributed by atoms with Crippen LogP contribution in [0.15, 0.2) is 53.9 Å². The lowest BCUT2D eigenvalue weighted by Crippen LogP contribution is -2.18. The van der Waals surface area contributed by atoms with E-state index < -0.39 is 5.91 Å². The van der Waals surface area contributed by atoms with Gasteiger partial charge in [-0.2, -0.15) is 5.10 Å². The Hall–Kier alpha value is -3.19. The molecule has 0 spiro atoms. The molecule has 1 amide bonds. The molecule has 0 aliphatic heterocycles. The zero-order valence-electron chi connectivity index (χ0n) is 14.6. The number of nitrogens with one attached hydrogen (secondary N) is 1. The average molecular weight is 385 g/mol. The molecule has 2 heterocycles. The Kier molecular flexibility index (Phi) is 5.83. The molecule has 1 aromatic carbocycles. The molecule has 0 radical (unpaired) electrons. The van der Waals surface area contributed by atoms with E-state index in [2.05, 4.69) is 15.5 Å². The van der Waals surface area contributed by atoms with Gasteiger partial charge in [0.15, 0.2) is 0 Å². The molecule has 0 atom stereocenters. The minimum Gasteiger partial charge on any atom is -0.465 e. The van der Waals surface area contributed by atoms with Crippen molar-refractivity contribution in [3.05, 3.63) is 65.1 Å². The van der Waals surface area contributed by atoms with E-state index in [1.807, 2.05) is 24.3 Å². The van der Waals surface area contributed by atoms with Crippen molar-refractivity contribution < 1.29 is 14.3 Å². The second-order valence-corrected chi connectivity index (χ2v) is 5.93. The summed E-state index contributed by atoms with van der Waals surface area (Å²) in [6, 6.07) is 10.8. The van der Waals surface area contributed by atoms with E-state index in [0.717, 1.165) is 16.5 Å². The van der Waals surface area contributed by atoms with Gasteiger partial charge in [0.05, 0.1) is 18.4 Å². The number of fused-ring (bicyclic) bond motifs is 1. The third-order valence-corrected chi connectivity index (χ3v) is 4.10. The van der Waals surface area contributed by atoms with Gasteiger partial charge in [0.1, 0.15) is 11.7 Å². The number of carbonyl (C=O) groups excluding carboxylic acids is 2. The lowest BCUT2D eigenvalue weighted by atomic mass is 10.2. The summed E-state index contributed by atoms with van der Waals surface area (Å²) in [5, 5.41) is 5.01. The Labute approximate surface area is 160 Å². The molecule has 0 fully saturated rings. The van der Waals surface area contributed by atoms with E-state index in [1.165, 1.54) is 12.4 Å². The summed E-state index contributed by atoms with van der Waals surface area (Å²) in [7, 11) is 0. The summed E-state index contributed by atoms with van der Waals surface area (Å²) in [5.41, 5.74) is 4.29. The number of nitrogens with zero attached hydrogens (tertiary/aromatic N) is 3. The molecule has 0 saturated carbocycles. The number of benzene rings is 1. The quantitative estimate of drug-likeness (QED) is 0.306. The fourth-order valence-corrected chi connectivity index (χ4v) is 2.84. The number of pyridine rings is 1. The second kappa shape index (κ2) is 8.46. The van der Waals surface area contributed by atoms with Crippen molar-refractivity contribution in [2.75, 3.05) is 6.61 Å². The number of hydrogen-bond acceptors (Lipinski definition) is 5. The van der Waals surface area contributed by atoms with Crippen LogP contribution in [0.5, 0.6) is 0 Å². The third kappa shape index (κ3) is 4.32. The highest BCUT2D eigenvalue weighted by Gasteiger charge is 2.12. The standard InChI is InChI=1S/C19H17ClN4O3/c1-2-27-17(25)12-24-11-13(14-6-3-4-8-16(14)24)10-22-23-19(26)15-7-5-9-21-18(15)20/h3-11H,2,12H2,1H3,(H,23,26). The zero-order valence-corrected chi connectivity index (χ0v) is 15.3. The second-order valence-electron chi connectivity index (χ2n) is 5.58. The number of hydrazone groups is 1. The van der Waals surface area contributed by atoms with Crippen LogP contribution in [0.1, 0.15) is 22.8 Å². The maximum Gasteiger partial charge on any atom is 0.325 e. The fraction of sp³-hybridized carbons (Fsp3) is 0.158. The van der Waals surface area contributed by atoms with Crippen LogP contribution < -0.4 is 5.43 Å². The van der Waals surface area contributed by atoms with E-state index in [1.54, 1.807) is 29.8 Å². The van der Waals surface area contributed by atoms with Crippen LogP contribution in [0.4, 0.5) is 0 Å². The number of ether oxygens (including phenoxy) is 1. The van der Waals surface area contributed by atoms with Gasteiger partial charge in [-0.15, -0.1) is 0 Å². The summed E-state index contributed by atoms with van der Waals surface area (Å²) in [5.74, 6) is -0.777. The van der Waals surface area contributed by atoms with Gasteiger partial charge in [-0.05, 0) is 25.1 Å². The Morgan fingerprint density at radius 2 is 2.11 bits per heavy atom. The lowest BCUT2D eigenvalue weighted by Gasteiger charge is -2.04. The number of carbonyl (C=O) groups is 2. The predicted molar refractivity (Wildman–Crippen MR) is 103 cm³/mol. The normalized spacial score (nSPS) is 11.0. The number of aromatic nitrogens is 2. The number of hydrogen-bond donors (Lipinski definition) is 1. The predicted octanol–water partition coefficient (Wildman–Crippen LogP) is 3.02. The monoisotopic (exact) mass is 384 g/mol. The van der Waals surface area contributed by atoms with Crippen LogP contribution in [0.3, 0.4) is 0 Å². The Balaban J connectivity index is 1.80. The average Bonchev–Trinajstić information content (AvgIpc) is 3.00. The number of halogens is 1. The topological polar surface area (TPSA) is 85.6 Å². The number of amides is 1. The zero-order chi connectivity index (χ0) is 19.2. The molecule has 3 aromatic rings. The minimum atomic E-state index is -0.459. The molecule has 2 aromatic heterocycles. The van der Waals surface area contributed by atoms with Crippen LogP contribution in [0.25, 0.3) is 10.9 Å². The number of esters is 1. The van der Waals surface area contributed by atoms with Crippen molar-refractivity contribution in [1.29, 1.82) is 0 Å². The maximum absolute atomic E-state index is 12.1. The van der Waals surface area contributed by atoms with Gasteiger partial charge in [0, 0.05) is 28.9 Å². The molecule has 1 N–H and O–H groups in total. The smallest absolute Gasteiger partial charge is 0.325 e. The Morgan fingerprint density at radius 3 is 2.89 bits per heavy atom. The van der Waals surface area contributed by atoms with Crippen LogP contribution in [0.2, 0.25) is 5.15 Å². The van der Waals surface area contributed by atoms with E-state index in [4.69, 9.17) is 16.3 Å². The molecule has 3 rings (SSSR count). The Bertz CT molecular complexity index is 1010. The van der Waals surface area contributed by atoms with Crippen molar-refractivity contribution >= 4 is 40.6 Å². The molecule has 0 unspecified atom stereocenters. The summed E-state index contributed by atoms with van der Waals surface area (Å²) in [6.45, 7) is 2.19. The van der Waals surface area contributed by atoms with Crippen molar-refractivity contribution in [3.8, 4) is 0 Å². The van der Waals surface area contributed by atoms with Gasteiger partial charge in [-0.3, -0.25) is 9.59 Å². The molecule has 7 nitrogen and oxygen atoms in total. The van der Waals surface area contributed by atoms with Gasteiger partial charge in [-0.1, -0.05) is 29.8 Å². The highest BCUT2D eigenvalue weighted by Crippen LogP contribution is 2.20. The SMILES string of the molecule is CCOC(=O)Cn1cc(C=NNC(=O)c2cccnc2Cl)c2ccccc21. The molecule has 138 valence electrons. The van der Waals surface area contributed by atoms with Crippen LogP contribution in [-0.4, -0.2) is 34.2 Å². The number of rotatable bonds is 6. The van der Waals surface area contributed by atoms with Gasteiger partial charge in [-0.25, -0.2) is 10.4 Å². The molecule has 27 heavy (non-hydrogen) atoms. The first-order valence-electron chi connectivity index (χ1n) is 8.27. The summed E-state index contributed by atoms with van der Waals surface area (Å²) in [4.78, 5) is 27.8. The molecular weight excluding hydrogens is 368 g/mol. The van der Waals surface area contributed by atoms with Crippen LogP contribution in [-0.2, 0) is 16.1 Å².